The lowest BCUT2D eigenvalue weighted by Crippen LogP contribution is -2.32. The number of hydrogen-bond acceptors (Lipinski definition) is 2. The third-order valence-corrected chi connectivity index (χ3v) is 4.90. The minimum Gasteiger partial charge on any atom is -0.313 e. The second-order valence-electron chi connectivity index (χ2n) is 4.80. The fourth-order valence-electron chi connectivity index (χ4n) is 2.28. The molecule has 2 heteroatoms. The van der Waals surface area contributed by atoms with Crippen LogP contribution in [0.2, 0.25) is 0 Å². The summed E-state index contributed by atoms with van der Waals surface area (Å²) >= 11 is 2.18. The zero-order valence-corrected chi connectivity index (χ0v) is 11.7. The summed E-state index contributed by atoms with van der Waals surface area (Å²) in [7, 11) is 0. The van der Waals surface area contributed by atoms with Crippen molar-refractivity contribution in [3.63, 3.8) is 0 Å². The Balaban J connectivity index is 2.23. The highest BCUT2D eigenvalue weighted by Crippen LogP contribution is 2.30. The molecule has 16 heavy (non-hydrogen) atoms. The Hall–Kier alpha value is 0.0500. The molecule has 1 aliphatic carbocycles. The molecule has 0 aromatic rings. The van der Waals surface area contributed by atoms with E-state index in [1.807, 2.05) is 0 Å². The lowest BCUT2D eigenvalue weighted by Gasteiger charge is -2.20. The Morgan fingerprint density at radius 3 is 2.62 bits per heavy atom. The quantitative estimate of drug-likeness (QED) is 0.645. The van der Waals surface area contributed by atoms with E-state index in [9.17, 15) is 0 Å². The standard InChI is InChI=1S/C14H27NS/c1-4-12(3)10-13(15-5-2)11-16-14-8-6-7-9-14/h13-15H,3-11H2,1-2H3. The molecule has 1 atom stereocenters. The maximum Gasteiger partial charge on any atom is 0.0195 e. The highest BCUT2D eigenvalue weighted by atomic mass is 32.2. The van der Waals surface area contributed by atoms with Gasteiger partial charge in [-0.3, -0.25) is 0 Å². The van der Waals surface area contributed by atoms with Crippen molar-refractivity contribution in [2.24, 2.45) is 0 Å². The number of rotatable bonds is 8. The summed E-state index contributed by atoms with van der Waals surface area (Å²) in [4.78, 5) is 0. The Labute approximate surface area is 105 Å². The van der Waals surface area contributed by atoms with Crippen LogP contribution >= 0.6 is 11.8 Å². The third kappa shape index (κ3) is 5.40. The van der Waals surface area contributed by atoms with E-state index in [0.717, 1.165) is 24.6 Å². The molecule has 0 aromatic heterocycles. The van der Waals surface area contributed by atoms with E-state index in [1.54, 1.807) is 0 Å². The molecule has 94 valence electrons. The van der Waals surface area contributed by atoms with Crippen molar-refractivity contribution in [2.75, 3.05) is 12.3 Å². The fourth-order valence-corrected chi connectivity index (χ4v) is 3.69. The maximum atomic E-state index is 4.13. The van der Waals surface area contributed by atoms with Crippen LogP contribution in [0.3, 0.4) is 0 Å². The van der Waals surface area contributed by atoms with Crippen LogP contribution in [0, 0.1) is 0 Å². The van der Waals surface area contributed by atoms with E-state index in [2.05, 4.69) is 37.5 Å². The van der Waals surface area contributed by atoms with E-state index in [0.29, 0.717) is 6.04 Å². The average Bonchev–Trinajstić information content (AvgIpc) is 2.79. The molecule has 1 aliphatic rings. The van der Waals surface area contributed by atoms with Gasteiger partial charge in [0.15, 0.2) is 0 Å². The van der Waals surface area contributed by atoms with E-state index in [-0.39, 0.29) is 0 Å². The maximum absolute atomic E-state index is 4.13. The van der Waals surface area contributed by atoms with Crippen LogP contribution in [0.4, 0.5) is 0 Å². The molecule has 1 unspecified atom stereocenters. The van der Waals surface area contributed by atoms with Crippen LogP contribution in [0.5, 0.6) is 0 Å². The van der Waals surface area contributed by atoms with Gasteiger partial charge >= 0.3 is 0 Å². The molecule has 0 radical (unpaired) electrons. The fraction of sp³-hybridized carbons (Fsp3) is 0.857. The number of hydrogen-bond donors (Lipinski definition) is 1. The van der Waals surface area contributed by atoms with Gasteiger partial charge in [0.25, 0.3) is 0 Å². The molecule has 1 saturated carbocycles. The second kappa shape index (κ2) is 8.19. The SMILES string of the molecule is C=C(CC)CC(CSC1CCCC1)NCC. The molecule has 0 heterocycles. The largest absolute Gasteiger partial charge is 0.313 e. The van der Waals surface area contributed by atoms with Gasteiger partial charge in [-0.15, -0.1) is 0 Å². The van der Waals surface area contributed by atoms with Gasteiger partial charge in [-0.2, -0.15) is 11.8 Å². The minimum atomic E-state index is 0.642. The van der Waals surface area contributed by atoms with Crippen LogP contribution in [-0.2, 0) is 0 Å². The predicted molar refractivity (Wildman–Crippen MR) is 76.2 cm³/mol. The molecule has 0 aromatic carbocycles. The van der Waals surface area contributed by atoms with Crippen molar-refractivity contribution in [3.8, 4) is 0 Å². The van der Waals surface area contributed by atoms with Crippen LogP contribution in [0.15, 0.2) is 12.2 Å². The topological polar surface area (TPSA) is 12.0 Å². The van der Waals surface area contributed by atoms with Crippen molar-refractivity contribution in [1.29, 1.82) is 0 Å². The van der Waals surface area contributed by atoms with E-state index < -0.39 is 0 Å². The Bertz CT molecular complexity index is 197. The Kier molecular flexibility index (Phi) is 7.22. The Morgan fingerprint density at radius 1 is 1.38 bits per heavy atom. The molecule has 0 bridgehead atoms. The van der Waals surface area contributed by atoms with Crippen molar-refractivity contribution in [1.82, 2.24) is 5.32 Å². The molecule has 0 saturated heterocycles. The Morgan fingerprint density at radius 2 is 2.06 bits per heavy atom. The van der Waals surface area contributed by atoms with Gasteiger partial charge in [0.05, 0.1) is 0 Å². The van der Waals surface area contributed by atoms with Gasteiger partial charge in [0.1, 0.15) is 0 Å². The van der Waals surface area contributed by atoms with Crippen LogP contribution in [-0.4, -0.2) is 23.6 Å². The molecule has 1 fully saturated rings. The number of nitrogens with one attached hydrogen (secondary N) is 1. The first-order valence-corrected chi connectivity index (χ1v) is 7.82. The average molecular weight is 241 g/mol. The lowest BCUT2D eigenvalue weighted by atomic mass is 10.1. The summed E-state index contributed by atoms with van der Waals surface area (Å²) in [5, 5.41) is 4.53. The lowest BCUT2D eigenvalue weighted by molar-refractivity contribution is 0.564. The molecule has 0 amide bonds. The molecule has 1 N–H and O–H groups in total. The van der Waals surface area contributed by atoms with E-state index >= 15 is 0 Å². The summed E-state index contributed by atoms with van der Waals surface area (Å²) in [5.74, 6) is 1.26. The summed E-state index contributed by atoms with van der Waals surface area (Å²) < 4.78 is 0. The van der Waals surface area contributed by atoms with Crippen LogP contribution < -0.4 is 5.32 Å². The van der Waals surface area contributed by atoms with Gasteiger partial charge in [-0.25, -0.2) is 0 Å². The zero-order valence-electron chi connectivity index (χ0n) is 10.9. The summed E-state index contributed by atoms with van der Waals surface area (Å²) in [6.45, 7) is 9.60. The normalized spacial score (nSPS) is 18.9. The highest BCUT2D eigenvalue weighted by molar-refractivity contribution is 7.99. The predicted octanol–water partition coefficient (Wildman–Crippen LogP) is 4.00. The van der Waals surface area contributed by atoms with Crippen molar-refractivity contribution in [3.05, 3.63) is 12.2 Å². The first-order chi connectivity index (χ1) is 7.76. The van der Waals surface area contributed by atoms with Gasteiger partial charge in [-0.05, 0) is 32.2 Å². The van der Waals surface area contributed by atoms with Gasteiger partial charge in [-0.1, -0.05) is 38.8 Å². The van der Waals surface area contributed by atoms with Crippen molar-refractivity contribution in [2.45, 2.75) is 63.7 Å². The zero-order chi connectivity index (χ0) is 11.8. The third-order valence-electron chi connectivity index (χ3n) is 3.36. The summed E-state index contributed by atoms with van der Waals surface area (Å²) in [5.41, 5.74) is 1.39. The smallest absolute Gasteiger partial charge is 0.0195 e. The van der Waals surface area contributed by atoms with Crippen LogP contribution in [0.1, 0.15) is 52.4 Å². The molecular weight excluding hydrogens is 214 g/mol. The van der Waals surface area contributed by atoms with Crippen molar-refractivity contribution < 1.29 is 0 Å². The highest BCUT2D eigenvalue weighted by Gasteiger charge is 2.17. The monoisotopic (exact) mass is 241 g/mol. The molecular formula is C14H27NS. The van der Waals surface area contributed by atoms with E-state index in [4.69, 9.17) is 0 Å². The summed E-state index contributed by atoms with van der Waals surface area (Å²) in [6.07, 6.45) is 8.06. The van der Waals surface area contributed by atoms with E-state index in [1.165, 1.54) is 37.0 Å². The molecule has 0 aliphatic heterocycles. The first kappa shape index (κ1) is 14.1. The second-order valence-corrected chi connectivity index (χ2v) is 6.14. The first-order valence-electron chi connectivity index (χ1n) is 6.77. The molecule has 1 rings (SSSR count). The van der Waals surface area contributed by atoms with Crippen LogP contribution in [0.25, 0.3) is 0 Å². The number of thioether (sulfide) groups is 1. The van der Waals surface area contributed by atoms with Crippen molar-refractivity contribution >= 4 is 11.8 Å². The van der Waals surface area contributed by atoms with Gasteiger partial charge in [0, 0.05) is 17.0 Å². The van der Waals surface area contributed by atoms with Gasteiger partial charge in [0.2, 0.25) is 0 Å². The van der Waals surface area contributed by atoms with Gasteiger partial charge < -0.3 is 5.32 Å². The molecule has 0 spiro atoms. The minimum absolute atomic E-state index is 0.642. The summed E-state index contributed by atoms with van der Waals surface area (Å²) in [6, 6.07) is 0.642. The molecule has 1 nitrogen and oxygen atoms in total.